The Balaban J connectivity index is 2.82. The maximum absolute atomic E-state index is 11.6. The predicted octanol–water partition coefficient (Wildman–Crippen LogP) is 1.50. The number of nitrogens with zero attached hydrogens (tertiary/aromatic N) is 2. The smallest absolute Gasteiger partial charge is 0.346 e. The number of aromatic nitrogens is 2. The van der Waals surface area contributed by atoms with Gasteiger partial charge in [-0.05, 0) is 6.92 Å². The van der Waals surface area contributed by atoms with Gasteiger partial charge in [0.05, 0.1) is 15.5 Å². The maximum Gasteiger partial charge on any atom is 0.346 e. The Hall–Kier alpha value is -1.54. The molecule has 18 heavy (non-hydrogen) atoms. The first-order valence-electron chi connectivity index (χ1n) is 4.97. The van der Waals surface area contributed by atoms with Gasteiger partial charge in [-0.1, -0.05) is 0 Å². The largest absolute Gasteiger partial charge is 0.477 e. The molecule has 0 aliphatic heterocycles. The second kappa shape index (κ2) is 4.29. The molecule has 0 spiro atoms. The fourth-order valence-electron chi connectivity index (χ4n) is 1.62. The number of fused-ring (bicyclic) bond motifs is 1. The standard InChI is InChI=1S/C10H10N2O4S2/c1-5(18(2,15)16)7-8-6(3-11-4-12-8)17-9(7)10(13)14/h3-5H,1-2H3,(H,13,14). The van der Waals surface area contributed by atoms with Crippen LogP contribution in [0.2, 0.25) is 0 Å². The van der Waals surface area contributed by atoms with Crippen LogP contribution in [0.1, 0.15) is 27.4 Å². The molecule has 0 bridgehead atoms. The SMILES string of the molecule is CC(c1c(C(=O)O)sc2cncnc12)S(C)(=O)=O. The first kappa shape index (κ1) is 12.9. The highest BCUT2D eigenvalue weighted by Gasteiger charge is 2.28. The fourth-order valence-corrected chi connectivity index (χ4v) is 3.41. The van der Waals surface area contributed by atoms with Gasteiger partial charge in [-0.15, -0.1) is 11.3 Å². The summed E-state index contributed by atoms with van der Waals surface area (Å²) in [5.41, 5.74) is 0.637. The van der Waals surface area contributed by atoms with E-state index >= 15 is 0 Å². The monoisotopic (exact) mass is 286 g/mol. The van der Waals surface area contributed by atoms with Crippen molar-refractivity contribution in [1.29, 1.82) is 0 Å². The van der Waals surface area contributed by atoms with Crippen LogP contribution >= 0.6 is 11.3 Å². The van der Waals surface area contributed by atoms with E-state index in [9.17, 15) is 13.2 Å². The molecule has 1 N–H and O–H groups in total. The van der Waals surface area contributed by atoms with Crippen LogP contribution in [0.4, 0.5) is 0 Å². The molecule has 0 aliphatic carbocycles. The summed E-state index contributed by atoms with van der Waals surface area (Å²) >= 11 is 0.987. The van der Waals surface area contributed by atoms with Gasteiger partial charge < -0.3 is 5.11 Å². The number of hydrogen-bond acceptors (Lipinski definition) is 6. The quantitative estimate of drug-likeness (QED) is 0.918. The summed E-state index contributed by atoms with van der Waals surface area (Å²) < 4.78 is 23.8. The molecule has 0 aliphatic rings. The lowest BCUT2D eigenvalue weighted by Crippen LogP contribution is -2.11. The van der Waals surface area contributed by atoms with Crippen molar-refractivity contribution < 1.29 is 18.3 Å². The van der Waals surface area contributed by atoms with Gasteiger partial charge in [-0.25, -0.2) is 23.2 Å². The molecule has 0 aromatic carbocycles. The molecule has 0 saturated heterocycles. The molecule has 1 atom stereocenters. The van der Waals surface area contributed by atoms with Crippen LogP contribution < -0.4 is 0 Å². The number of rotatable bonds is 3. The minimum atomic E-state index is -3.39. The number of carboxylic acids is 1. The maximum atomic E-state index is 11.6. The fraction of sp³-hybridized carbons (Fsp3) is 0.300. The van der Waals surface area contributed by atoms with Gasteiger partial charge in [0.15, 0.2) is 9.84 Å². The van der Waals surface area contributed by atoms with E-state index in [1.165, 1.54) is 19.4 Å². The van der Waals surface area contributed by atoms with Crippen LogP contribution in [-0.2, 0) is 9.84 Å². The lowest BCUT2D eigenvalue weighted by atomic mass is 10.1. The van der Waals surface area contributed by atoms with Crippen molar-refractivity contribution in [2.45, 2.75) is 12.2 Å². The summed E-state index contributed by atoms with van der Waals surface area (Å²) in [5, 5.41) is 8.24. The number of carbonyl (C=O) groups is 1. The van der Waals surface area contributed by atoms with Crippen molar-refractivity contribution >= 4 is 37.4 Å². The van der Waals surface area contributed by atoms with E-state index in [2.05, 4.69) is 9.97 Å². The molecular weight excluding hydrogens is 276 g/mol. The third kappa shape index (κ3) is 2.08. The average Bonchev–Trinajstić information content (AvgIpc) is 2.65. The van der Waals surface area contributed by atoms with E-state index in [-0.39, 0.29) is 10.4 Å². The summed E-state index contributed by atoms with van der Waals surface area (Å²) in [6.45, 7) is 1.46. The van der Waals surface area contributed by atoms with Crippen LogP contribution in [0.15, 0.2) is 12.5 Å². The highest BCUT2D eigenvalue weighted by atomic mass is 32.2. The van der Waals surface area contributed by atoms with E-state index in [1.54, 1.807) is 0 Å². The molecule has 1 unspecified atom stereocenters. The van der Waals surface area contributed by atoms with Gasteiger partial charge in [-0.3, -0.25) is 0 Å². The highest BCUT2D eigenvalue weighted by molar-refractivity contribution is 7.90. The first-order valence-corrected chi connectivity index (χ1v) is 7.74. The molecular formula is C10H10N2O4S2. The third-order valence-electron chi connectivity index (χ3n) is 2.63. The van der Waals surface area contributed by atoms with Gasteiger partial charge >= 0.3 is 5.97 Å². The Kier molecular flexibility index (Phi) is 3.07. The van der Waals surface area contributed by atoms with Crippen LogP contribution in [0.3, 0.4) is 0 Å². The minimum Gasteiger partial charge on any atom is -0.477 e. The van der Waals surface area contributed by atoms with Crippen LogP contribution in [0, 0.1) is 0 Å². The molecule has 6 nitrogen and oxygen atoms in total. The number of thiophene rings is 1. The van der Waals surface area contributed by atoms with Crippen molar-refractivity contribution in [1.82, 2.24) is 9.97 Å². The molecule has 2 rings (SSSR count). The van der Waals surface area contributed by atoms with Gasteiger partial charge in [-0.2, -0.15) is 0 Å². The van der Waals surface area contributed by atoms with Crippen molar-refractivity contribution in [3.63, 3.8) is 0 Å². The number of carboxylic acid groups (broad SMARTS) is 1. The topological polar surface area (TPSA) is 97.2 Å². The van der Waals surface area contributed by atoms with Crippen LogP contribution in [-0.4, -0.2) is 35.7 Å². The zero-order valence-corrected chi connectivity index (χ0v) is 11.2. The summed E-state index contributed by atoms with van der Waals surface area (Å²) in [6, 6.07) is 0. The Labute approximate surface area is 107 Å². The number of hydrogen-bond donors (Lipinski definition) is 1. The van der Waals surface area contributed by atoms with Gasteiger partial charge in [0.2, 0.25) is 0 Å². The summed E-state index contributed by atoms with van der Waals surface area (Å²) in [4.78, 5) is 19.0. The van der Waals surface area contributed by atoms with Crippen molar-refractivity contribution in [3.8, 4) is 0 Å². The van der Waals surface area contributed by atoms with Crippen LogP contribution in [0.5, 0.6) is 0 Å². The second-order valence-electron chi connectivity index (χ2n) is 3.86. The molecule has 2 heterocycles. The molecule has 2 aromatic heterocycles. The molecule has 0 saturated carbocycles. The zero-order valence-electron chi connectivity index (χ0n) is 9.61. The van der Waals surface area contributed by atoms with E-state index in [1.807, 2.05) is 0 Å². The Morgan fingerprint density at radius 1 is 1.50 bits per heavy atom. The third-order valence-corrected chi connectivity index (χ3v) is 5.27. The van der Waals surface area contributed by atoms with Crippen molar-refractivity contribution in [3.05, 3.63) is 23.0 Å². The van der Waals surface area contributed by atoms with Gasteiger partial charge in [0, 0.05) is 18.0 Å². The molecule has 0 amide bonds. The lowest BCUT2D eigenvalue weighted by molar-refractivity contribution is 0.0701. The summed E-state index contributed by atoms with van der Waals surface area (Å²) in [6.07, 6.45) is 3.84. The average molecular weight is 286 g/mol. The van der Waals surface area contributed by atoms with E-state index < -0.39 is 21.1 Å². The summed E-state index contributed by atoms with van der Waals surface area (Å²) in [5.74, 6) is -1.15. The normalized spacial score (nSPS) is 13.7. The number of sulfone groups is 1. The highest BCUT2D eigenvalue weighted by Crippen LogP contribution is 2.36. The molecule has 2 aromatic rings. The first-order chi connectivity index (χ1) is 8.32. The minimum absolute atomic E-state index is 0.00317. The molecule has 8 heteroatoms. The second-order valence-corrected chi connectivity index (χ2v) is 7.28. The zero-order chi connectivity index (χ0) is 13.5. The Morgan fingerprint density at radius 2 is 2.17 bits per heavy atom. The summed E-state index contributed by atoms with van der Waals surface area (Å²) in [7, 11) is -3.39. The Bertz CT molecular complexity index is 721. The molecule has 0 fully saturated rings. The van der Waals surface area contributed by atoms with Crippen molar-refractivity contribution in [2.24, 2.45) is 0 Å². The van der Waals surface area contributed by atoms with E-state index in [4.69, 9.17) is 5.11 Å². The van der Waals surface area contributed by atoms with Crippen LogP contribution in [0.25, 0.3) is 10.2 Å². The van der Waals surface area contributed by atoms with Gasteiger partial charge in [0.1, 0.15) is 11.2 Å². The molecule has 0 radical (unpaired) electrons. The Morgan fingerprint density at radius 3 is 2.72 bits per heavy atom. The van der Waals surface area contributed by atoms with Crippen molar-refractivity contribution in [2.75, 3.05) is 6.26 Å². The lowest BCUT2D eigenvalue weighted by Gasteiger charge is -2.09. The predicted molar refractivity (Wildman–Crippen MR) is 67.6 cm³/mol. The number of aromatic carboxylic acids is 1. The van der Waals surface area contributed by atoms with E-state index in [0.717, 1.165) is 17.6 Å². The molecule has 96 valence electrons. The van der Waals surface area contributed by atoms with E-state index in [0.29, 0.717) is 10.2 Å². The van der Waals surface area contributed by atoms with Gasteiger partial charge in [0.25, 0.3) is 0 Å².